The fourth-order valence-corrected chi connectivity index (χ4v) is 4.36. The second kappa shape index (κ2) is 8.74. The first-order valence-corrected chi connectivity index (χ1v) is 10.8. The zero-order valence-corrected chi connectivity index (χ0v) is 17.2. The van der Waals surface area contributed by atoms with Gasteiger partial charge in [0.2, 0.25) is 0 Å². The third-order valence-electron chi connectivity index (χ3n) is 5.11. The SMILES string of the molecule is O=C(c1cnc2ccc(F)cc2c1NCc1ccc(C(F)(F)F)cc1)N1CCSCC1. The van der Waals surface area contributed by atoms with Crippen molar-refractivity contribution in [3.63, 3.8) is 0 Å². The van der Waals surface area contributed by atoms with Gasteiger partial charge in [0.1, 0.15) is 5.82 Å². The molecule has 1 aliphatic heterocycles. The number of fused-ring (bicyclic) bond motifs is 1. The van der Waals surface area contributed by atoms with Crippen LogP contribution in [0.3, 0.4) is 0 Å². The van der Waals surface area contributed by atoms with Crippen LogP contribution in [0.2, 0.25) is 0 Å². The number of nitrogens with one attached hydrogen (secondary N) is 1. The standard InChI is InChI=1S/C22H19F4N3OS/c23-16-5-6-19-17(11-16)20(18(13-27-19)21(30)29-7-9-31-10-8-29)28-12-14-1-3-15(4-2-14)22(24,25)26/h1-6,11,13H,7-10,12H2,(H,27,28). The lowest BCUT2D eigenvalue weighted by Crippen LogP contribution is -2.38. The van der Waals surface area contributed by atoms with E-state index in [4.69, 9.17) is 0 Å². The van der Waals surface area contributed by atoms with Gasteiger partial charge in [0.15, 0.2) is 0 Å². The quantitative estimate of drug-likeness (QED) is 0.557. The second-order valence-electron chi connectivity index (χ2n) is 7.16. The number of rotatable bonds is 4. The van der Waals surface area contributed by atoms with Crippen LogP contribution in [0.25, 0.3) is 10.9 Å². The van der Waals surface area contributed by atoms with Crippen LogP contribution >= 0.6 is 11.8 Å². The van der Waals surface area contributed by atoms with Crippen molar-refractivity contribution in [3.8, 4) is 0 Å². The molecule has 3 aromatic rings. The fourth-order valence-electron chi connectivity index (χ4n) is 3.46. The molecule has 0 bridgehead atoms. The van der Waals surface area contributed by atoms with E-state index >= 15 is 0 Å². The van der Waals surface area contributed by atoms with E-state index in [1.165, 1.54) is 36.5 Å². The molecule has 1 N–H and O–H groups in total. The summed E-state index contributed by atoms with van der Waals surface area (Å²) in [6.07, 6.45) is -2.93. The fraction of sp³-hybridized carbons (Fsp3) is 0.273. The van der Waals surface area contributed by atoms with Gasteiger partial charge < -0.3 is 10.2 Å². The Hall–Kier alpha value is -2.81. The number of pyridine rings is 1. The molecule has 4 rings (SSSR count). The molecule has 0 atom stereocenters. The number of carbonyl (C=O) groups is 1. The summed E-state index contributed by atoms with van der Waals surface area (Å²) in [5.41, 5.74) is 1.13. The van der Waals surface area contributed by atoms with Gasteiger partial charge in [-0.3, -0.25) is 9.78 Å². The highest BCUT2D eigenvalue weighted by atomic mass is 32.2. The van der Waals surface area contributed by atoms with Gasteiger partial charge in [0, 0.05) is 42.7 Å². The van der Waals surface area contributed by atoms with Crippen molar-refractivity contribution in [2.75, 3.05) is 29.9 Å². The summed E-state index contributed by atoms with van der Waals surface area (Å²) in [5.74, 6) is 1.02. The number of nitrogens with zero attached hydrogens (tertiary/aromatic N) is 2. The normalized spacial score (nSPS) is 14.6. The van der Waals surface area contributed by atoms with Crippen LogP contribution in [-0.2, 0) is 12.7 Å². The van der Waals surface area contributed by atoms with Gasteiger partial charge in [0.05, 0.1) is 22.3 Å². The minimum absolute atomic E-state index is 0.171. The molecule has 0 saturated carbocycles. The molecule has 1 aliphatic rings. The van der Waals surface area contributed by atoms with E-state index in [2.05, 4.69) is 10.3 Å². The first kappa shape index (κ1) is 21.4. The zero-order chi connectivity index (χ0) is 22.0. The molecule has 9 heteroatoms. The summed E-state index contributed by atoms with van der Waals surface area (Å²) in [6.45, 7) is 1.40. The molecule has 162 valence electrons. The molecular formula is C22H19F4N3OS. The first-order valence-electron chi connectivity index (χ1n) is 9.68. The molecule has 1 aromatic heterocycles. The van der Waals surface area contributed by atoms with Crippen LogP contribution in [0, 0.1) is 5.82 Å². The van der Waals surface area contributed by atoms with E-state index in [1.807, 2.05) is 0 Å². The van der Waals surface area contributed by atoms with Gasteiger partial charge in [-0.2, -0.15) is 24.9 Å². The molecule has 4 nitrogen and oxygen atoms in total. The molecular weight excluding hydrogens is 430 g/mol. The highest BCUT2D eigenvalue weighted by Crippen LogP contribution is 2.31. The maximum absolute atomic E-state index is 14.0. The lowest BCUT2D eigenvalue weighted by molar-refractivity contribution is -0.137. The van der Waals surface area contributed by atoms with E-state index in [0.717, 1.165) is 23.6 Å². The van der Waals surface area contributed by atoms with Crippen molar-refractivity contribution in [1.82, 2.24) is 9.88 Å². The zero-order valence-electron chi connectivity index (χ0n) is 16.4. The molecule has 1 amide bonds. The van der Waals surface area contributed by atoms with Crippen LogP contribution in [-0.4, -0.2) is 40.4 Å². The van der Waals surface area contributed by atoms with Gasteiger partial charge in [-0.15, -0.1) is 0 Å². The van der Waals surface area contributed by atoms with E-state index in [0.29, 0.717) is 40.8 Å². The average molecular weight is 449 g/mol. The number of hydrogen-bond donors (Lipinski definition) is 1. The number of amides is 1. The number of anilines is 1. The van der Waals surface area contributed by atoms with Gasteiger partial charge in [-0.1, -0.05) is 12.1 Å². The second-order valence-corrected chi connectivity index (χ2v) is 8.39. The predicted molar refractivity (Wildman–Crippen MR) is 114 cm³/mol. The number of hydrogen-bond acceptors (Lipinski definition) is 4. The summed E-state index contributed by atoms with van der Waals surface area (Å²) in [5, 5.41) is 3.59. The number of thioether (sulfide) groups is 1. The first-order chi connectivity index (χ1) is 14.8. The highest BCUT2D eigenvalue weighted by Gasteiger charge is 2.30. The van der Waals surface area contributed by atoms with Crippen molar-refractivity contribution in [2.45, 2.75) is 12.7 Å². The molecule has 0 spiro atoms. The minimum Gasteiger partial charge on any atom is -0.380 e. The molecule has 1 saturated heterocycles. The lowest BCUT2D eigenvalue weighted by Gasteiger charge is -2.27. The minimum atomic E-state index is -4.41. The van der Waals surface area contributed by atoms with E-state index in [9.17, 15) is 22.4 Å². The van der Waals surface area contributed by atoms with Gasteiger partial charge in [-0.05, 0) is 35.9 Å². The molecule has 1 fully saturated rings. The molecule has 0 radical (unpaired) electrons. The largest absolute Gasteiger partial charge is 0.416 e. The molecule has 0 aliphatic carbocycles. The Kier molecular flexibility index (Phi) is 6.04. The number of carbonyl (C=O) groups excluding carboxylic acids is 1. The van der Waals surface area contributed by atoms with Crippen molar-refractivity contribution >= 4 is 34.3 Å². The average Bonchev–Trinajstić information content (AvgIpc) is 2.77. The smallest absolute Gasteiger partial charge is 0.380 e. The Labute approximate surface area is 180 Å². The maximum Gasteiger partial charge on any atom is 0.416 e. The third-order valence-corrected chi connectivity index (χ3v) is 6.05. The number of aromatic nitrogens is 1. The number of halogens is 4. The Morgan fingerprint density at radius 1 is 1.10 bits per heavy atom. The van der Waals surface area contributed by atoms with Crippen molar-refractivity contribution < 1.29 is 22.4 Å². The van der Waals surface area contributed by atoms with Gasteiger partial charge in [-0.25, -0.2) is 4.39 Å². The topological polar surface area (TPSA) is 45.2 Å². The molecule has 2 aromatic carbocycles. The lowest BCUT2D eigenvalue weighted by atomic mass is 10.1. The Morgan fingerprint density at radius 3 is 2.48 bits per heavy atom. The molecule has 31 heavy (non-hydrogen) atoms. The monoisotopic (exact) mass is 449 g/mol. The predicted octanol–water partition coefficient (Wildman–Crippen LogP) is 5.19. The maximum atomic E-state index is 14.0. The van der Waals surface area contributed by atoms with E-state index in [-0.39, 0.29) is 12.5 Å². The Balaban J connectivity index is 1.67. The van der Waals surface area contributed by atoms with Crippen molar-refractivity contribution in [3.05, 3.63) is 71.2 Å². The summed E-state index contributed by atoms with van der Waals surface area (Å²) >= 11 is 1.78. The molecule has 0 unspecified atom stereocenters. The number of benzene rings is 2. The van der Waals surface area contributed by atoms with Crippen LogP contribution < -0.4 is 5.32 Å². The van der Waals surface area contributed by atoms with E-state index in [1.54, 1.807) is 16.7 Å². The Morgan fingerprint density at radius 2 is 1.81 bits per heavy atom. The van der Waals surface area contributed by atoms with Crippen LogP contribution in [0.15, 0.2) is 48.7 Å². The van der Waals surface area contributed by atoms with Crippen LogP contribution in [0.5, 0.6) is 0 Å². The molecule has 2 heterocycles. The van der Waals surface area contributed by atoms with Gasteiger partial charge >= 0.3 is 6.18 Å². The highest BCUT2D eigenvalue weighted by molar-refractivity contribution is 7.99. The van der Waals surface area contributed by atoms with Crippen LogP contribution in [0.4, 0.5) is 23.2 Å². The Bertz CT molecular complexity index is 1100. The van der Waals surface area contributed by atoms with Gasteiger partial charge in [0.25, 0.3) is 5.91 Å². The summed E-state index contributed by atoms with van der Waals surface area (Å²) < 4.78 is 52.4. The summed E-state index contributed by atoms with van der Waals surface area (Å²) in [7, 11) is 0. The van der Waals surface area contributed by atoms with E-state index < -0.39 is 17.6 Å². The van der Waals surface area contributed by atoms with Crippen LogP contribution in [0.1, 0.15) is 21.5 Å². The summed E-state index contributed by atoms with van der Waals surface area (Å²) in [6, 6.07) is 8.90. The van der Waals surface area contributed by atoms with Crippen molar-refractivity contribution in [2.24, 2.45) is 0 Å². The third kappa shape index (κ3) is 4.76. The summed E-state index contributed by atoms with van der Waals surface area (Å²) in [4.78, 5) is 19.2. The number of alkyl halides is 3. The van der Waals surface area contributed by atoms with Crippen molar-refractivity contribution in [1.29, 1.82) is 0 Å².